The highest BCUT2D eigenvalue weighted by molar-refractivity contribution is 5.94. The zero-order valence-corrected chi connectivity index (χ0v) is 13.6. The summed E-state index contributed by atoms with van der Waals surface area (Å²) in [5.74, 6) is -2.08. The van der Waals surface area contributed by atoms with Gasteiger partial charge in [-0.15, -0.1) is 0 Å². The van der Waals surface area contributed by atoms with Gasteiger partial charge in [0.2, 0.25) is 0 Å². The van der Waals surface area contributed by atoms with E-state index < -0.39 is 23.3 Å². The number of aromatic hydroxyl groups is 1. The summed E-state index contributed by atoms with van der Waals surface area (Å²) in [6.45, 7) is 1.69. The van der Waals surface area contributed by atoms with Crippen molar-refractivity contribution in [2.24, 2.45) is 0 Å². The van der Waals surface area contributed by atoms with Crippen LogP contribution < -0.4 is 11.1 Å². The molecule has 0 saturated heterocycles. The van der Waals surface area contributed by atoms with Gasteiger partial charge in [0.1, 0.15) is 23.1 Å². The van der Waals surface area contributed by atoms with E-state index in [2.05, 4.69) is 20.4 Å². The SMILES string of the molecule is Cc1ncc(CNC(=O)c2nn(-c3ccc(F)cc3F)cc2O)c(N)n1. The molecule has 0 aliphatic carbocycles. The lowest BCUT2D eigenvalue weighted by molar-refractivity contribution is 0.0943. The number of nitrogens with one attached hydrogen (secondary N) is 1. The number of halogens is 2. The molecule has 3 aromatic rings. The molecule has 3 rings (SSSR count). The molecule has 0 radical (unpaired) electrons. The molecule has 8 nitrogen and oxygen atoms in total. The van der Waals surface area contributed by atoms with Crippen LogP contribution in [0.5, 0.6) is 5.75 Å². The molecule has 134 valence electrons. The fourth-order valence-corrected chi connectivity index (χ4v) is 2.22. The molecule has 1 aromatic carbocycles. The second-order valence-electron chi connectivity index (χ2n) is 5.41. The number of nitrogens with two attached hydrogens (primary N) is 1. The lowest BCUT2D eigenvalue weighted by Gasteiger charge is -2.06. The van der Waals surface area contributed by atoms with Crippen molar-refractivity contribution in [2.45, 2.75) is 13.5 Å². The van der Waals surface area contributed by atoms with Crippen molar-refractivity contribution in [1.29, 1.82) is 0 Å². The maximum atomic E-state index is 13.8. The number of benzene rings is 1. The minimum Gasteiger partial charge on any atom is -0.504 e. The van der Waals surface area contributed by atoms with Crippen molar-refractivity contribution in [3.63, 3.8) is 0 Å². The molecule has 0 aliphatic heterocycles. The van der Waals surface area contributed by atoms with E-state index in [4.69, 9.17) is 5.73 Å². The first-order chi connectivity index (χ1) is 12.3. The van der Waals surface area contributed by atoms with Gasteiger partial charge in [0, 0.05) is 24.4 Å². The number of amides is 1. The molecule has 0 unspecified atom stereocenters. The van der Waals surface area contributed by atoms with Crippen molar-refractivity contribution < 1.29 is 18.7 Å². The predicted octanol–water partition coefficient (Wildman–Crippen LogP) is 1.47. The van der Waals surface area contributed by atoms with E-state index in [9.17, 15) is 18.7 Å². The molecule has 0 fully saturated rings. The average molecular weight is 360 g/mol. The van der Waals surface area contributed by atoms with E-state index in [0.717, 1.165) is 23.0 Å². The second-order valence-corrected chi connectivity index (χ2v) is 5.41. The van der Waals surface area contributed by atoms with Gasteiger partial charge in [-0.2, -0.15) is 5.10 Å². The summed E-state index contributed by atoms with van der Waals surface area (Å²) < 4.78 is 27.8. The molecule has 2 heterocycles. The van der Waals surface area contributed by atoms with Gasteiger partial charge in [-0.1, -0.05) is 0 Å². The van der Waals surface area contributed by atoms with E-state index in [1.165, 1.54) is 6.20 Å². The van der Waals surface area contributed by atoms with Crippen LogP contribution in [0.4, 0.5) is 14.6 Å². The smallest absolute Gasteiger partial charge is 0.275 e. The zero-order valence-electron chi connectivity index (χ0n) is 13.6. The van der Waals surface area contributed by atoms with Crippen LogP contribution in [-0.2, 0) is 6.54 Å². The van der Waals surface area contributed by atoms with Crippen molar-refractivity contribution in [3.05, 3.63) is 59.3 Å². The molecule has 0 bridgehead atoms. The van der Waals surface area contributed by atoms with Crippen LogP contribution in [0, 0.1) is 18.6 Å². The van der Waals surface area contributed by atoms with Crippen molar-refractivity contribution in [3.8, 4) is 11.4 Å². The van der Waals surface area contributed by atoms with E-state index in [0.29, 0.717) is 17.5 Å². The summed E-state index contributed by atoms with van der Waals surface area (Å²) in [7, 11) is 0. The summed E-state index contributed by atoms with van der Waals surface area (Å²) >= 11 is 0. The van der Waals surface area contributed by atoms with E-state index in [-0.39, 0.29) is 23.7 Å². The Morgan fingerprint density at radius 2 is 2.15 bits per heavy atom. The molecule has 1 amide bonds. The average Bonchev–Trinajstić information content (AvgIpc) is 2.95. The molecule has 0 saturated carbocycles. The van der Waals surface area contributed by atoms with Crippen LogP contribution in [0.1, 0.15) is 21.9 Å². The summed E-state index contributed by atoms with van der Waals surface area (Å²) in [6, 6.07) is 2.86. The maximum absolute atomic E-state index is 13.8. The molecule has 0 aliphatic rings. The number of aromatic nitrogens is 4. The quantitative estimate of drug-likeness (QED) is 0.648. The fourth-order valence-electron chi connectivity index (χ4n) is 2.22. The normalized spacial score (nSPS) is 10.7. The van der Waals surface area contributed by atoms with Crippen molar-refractivity contribution >= 4 is 11.7 Å². The number of nitrogens with zero attached hydrogens (tertiary/aromatic N) is 4. The molecule has 0 atom stereocenters. The van der Waals surface area contributed by atoms with Gasteiger partial charge in [-0.05, 0) is 19.1 Å². The minimum atomic E-state index is -0.885. The van der Waals surface area contributed by atoms with Gasteiger partial charge in [0.05, 0.1) is 6.20 Å². The van der Waals surface area contributed by atoms with Gasteiger partial charge in [-0.25, -0.2) is 23.4 Å². The molecule has 26 heavy (non-hydrogen) atoms. The maximum Gasteiger partial charge on any atom is 0.275 e. The summed E-state index contributed by atoms with van der Waals surface area (Å²) in [5.41, 5.74) is 5.80. The number of hydrogen-bond acceptors (Lipinski definition) is 6. The van der Waals surface area contributed by atoms with Gasteiger partial charge >= 0.3 is 0 Å². The van der Waals surface area contributed by atoms with Crippen LogP contribution in [0.25, 0.3) is 5.69 Å². The van der Waals surface area contributed by atoms with E-state index in [1.54, 1.807) is 6.92 Å². The minimum absolute atomic E-state index is 0.0160. The number of hydrogen-bond donors (Lipinski definition) is 3. The third-order valence-corrected chi connectivity index (χ3v) is 3.52. The lowest BCUT2D eigenvalue weighted by atomic mass is 10.3. The fraction of sp³-hybridized carbons (Fsp3) is 0.125. The van der Waals surface area contributed by atoms with Gasteiger partial charge in [0.15, 0.2) is 17.3 Å². The topological polar surface area (TPSA) is 119 Å². The third kappa shape index (κ3) is 3.43. The number of rotatable bonds is 4. The van der Waals surface area contributed by atoms with Crippen molar-refractivity contribution in [1.82, 2.24) is 25.1 Å². The lowest BCUT2D eigenvalue weighted by Crippen LogP contribution is -2.24. The Kier molecular flexibility index (Phi) is 4.48. The summed E-state index contributed by atoms with van der Waals surface area (Å²) in [6.07, 6.45) is 2.53. The monoisotopic (exact) mass is 360 g/mol. The van der Waals surface area contributed by atoms with Crippen LogP contribution in [0.3, 0.4) is 0 Å². The zero-order chi connectivity index (χ0) is 18.8. The molecule has 2 aromatic heterocycles. The number of anilines is 1. The van der Waals surface area contributed by atoms with E-state index >= 15 is 0 Å². The van der Waals surface area contributed by atoms with Crippen LogP contribution >= 0.6 is 0 Å². The Labute approximate surface area is 146 Å². The van der Waals surface area contributed by atoms with E-state index in [1.807, 2.05) is 0 Å². The summed E-state index contributed by atoms with van der Waals surface area (Å²) in [4.78, 5) is 20.2. The standard InChI is InChI=1S/C16H14F2N6O2/c1-8-20-5-9(15(19)22-8)6-21-16(26)14-13(25)7-24(23-14)12-3-2-10(17)4-11(12)18/h2-5,7,25H,6H2,1H3,(H,21,26)(H2,19,20,22). The Bertz CT molecular complexity index is 989. The Morgan fingerprint density at radius 3 is 2.85 bits per heavy atom. The highest BCUT2D eigenvalue weighted by Gasteiger charge is 2.19. The number of carbonyl (C=O) groups excluding carboxylic acids is 1. The number of aryl methyl sites for hydroxylation is 1. The second kappa shape index (κ2) is 6.75. The number of carbonyl (C=O) groups is 1. The van der Waals surface area contributed by atoms with Crippen molar-refractivity contribution in [2.75, 3.05) is 5.73 Å². The molecular weight excluding hydrogens is 346 g/mol. The Morgan fingerprint density at radius 1 is 1.38 bits per heavy atom. The van der Waals surface area contributed by atoms with Gasteiger partial charge < -0.3 is 16.2 Å². The Hall–Kier alpha value is -3.56. The first-order valence-corrected chi connectivity index (χ1v) is 7.45. The first-order valence-electron chi connectivity index (χ1n) is 7.45. The largest absolute Gasteiger partial charge is 0.504 e. The molecule has 0 spiro atoms. The third-order valence-electron chi connectivity index (χ3n) is 3.52. The molecule has 4 N–H and O–H groups in total. The predicted molar refractivity (Wildman–Crippen MR) is 87.5 cm³/mol. The van der Waals surface area contributed by atoms with Gasteiger partial charge in [0.25, 0.3) is 5.91 Å². The van der Waals surface area contributed by atoms with Crippen LogP contribution in [0.2, 0.25) is 0 Å². The first kappa shape index (κ1) is 17.3. The van der Waals surface area contributed by atoms with Crippen LogP contribution in [0.15, 0.2) is 30.6 Å². The Balaban J connectivity index is 1.79. The van der Waals surface area contributed by atoms with Crippen LogP contribution in [-0.4, -0.2) is 30.8 Å². The highest BCUT2D eigenvalue weighted by atomic mass is 19.1. The summed E-state index contributed by atoms with van der Waals surface area (Å²) in [5, 5.41) is 16.3. The highest BCUT2D eigenvalue weighted by Crippen LogP contribution is 2.20. The van der Waals surface area contributed by atoms with Gasteiger partial charge in [-0.3, -0.25) is 4.79 Å². The number of nitrogen functional groups attached to an aromatic ring is 1. The molecular formula is C16H14F2N6O2. The molecule has 10 heteroatoms.